The predicted molar refractivity (Wildman–Crippen MR) is 64.0 cm³/mol. The first-order valence-corrected chi connectivity index (χ1v) is 4.96. The van der Waals surface area contributed by atoms with E-state index >= 15 is 0 Å². The number of hydrogen-bond acceptors (Lipinski definition) is 5. The Hall–Kier alpha value is -0.910. The van der Waals surface area contributed by atoms with Crippen molar-refractivity contribution in [2.24, 2.45) is 11.7 Å². The third-order valence-electron chi connectivity index (χ3n) is 1.12. The topological polar surface area (TPSA) is 90.4 Å². The summed E-state index contributed by atoms with van der Waals surface area (Å²) in [5.74, 6) is 7.69. The van der Waals surface area contributed by atoms with Gasteiger partial charge >= 0.3 is 5.97 Å². The first-order valence-electron chi connectivity index (χ1n) is 4.96. The lowest BCUT2D eigenvalue weighted by molar-refractivity contribution is -0.138. The van der Waals surface area contributed by atoms with Crippen molar-refractivity contribution in [3.63, 3.8) is 0 Å². The maximum Gasteiger partial charge on any atom is 0.333 e. The zero-order valence-corrected chi connectivity index (χ0v) is 10.3. The van der Waals surface area contributed by atoms with Crippen LogP contribution >= 0.6 is 0 Å². The highest BCUT2D eigenvalue weighted by Gasteiger charge is 1.98. The molecule has 0 aliphatic rings. The van der Waals surface area contributed by atoms with E-state index in [9.17, 15) is 4.79 Å². The van der Waals surface area contributed by atoms with Crippen molar-refractivity contribution in [1.82, 2.24) is 5.32 Å². The van der Waals surface area contributed by atoms with Gasteiger partial charge in [-0.1, -0.05) is 20.4 Å². The Morgan fingerprint density at radius 2 is 1.67 bits per heavy atom. The van der Waals surface area contributed by atoms with E-state index < -0.39 is 0 Å². The number of rotatable bonds is 4. The number of hydrogen-bond donors (Lipinski definition) is 3. The molecule has 0 unspecified atom stereocenters. The van der Waals surface area contributed by atoms with Gasteiger partial charge in [0.15, 0.2) is 0 Å². The minimum atomic E-state index is -0.312. The Balaban J connectivity index is -0.000000177. The van der Waals surface area contributed by atoms with Gasteiger partial charge in [0, 0.05) is 5.57 Å². The minimum absolute atomic E-state index is 0.312. The van der Waals surface area contributed by atoms with Crippen LogP contribution in [0.1, 0.15) is 27.7 Å². The van der Waals surface area contributed by atoms with Crippen LogP contribution in [0.5, 0.6) is 0 Å². The molecule has 0 aromatic carbocycles. The number of hydrazine groups is 1. The maximum atomic E-state index is 10.4. The molecule has 0 heterocycles. The summed E-state index contributed by atoms with van der Waals surface area (Å²) >= 11 is 0. The molecule has 5 heteroatoms. The minimum Gasteiger partial charge on any atom is -0.463 e. The summed E-state index contributed by atoms with van der Waals surface area (Å²) in [7, 11) is 0. The average molecular weight is 219 g/mol. The smallest absolute Gasteiger partial charge is 0.333 e. The molecule has 0 atom stereocenters. The number of nitrogens with two attached hydrogens (primary N) is 2. The second kappa shape index (κ2) is 18.8. The second-order valence-corrected chi connectivity index (χ2v) is 2.46. The van der Waals surface area contributed by atoms with Crippen molar-refractivity contribution >= 4 is 5.97 Å². The van der Waals surface area contributed by atoms with Gasteiger partial charge in [-0.2, -0.15) is 0 Å². The lowest BCUT2D eigenvalue weighted by atomic mass is 10.4. The number of ether oxygens (including phenoxy) is 1. The average Bonchev–Trinajstić information content (AvgIpc) is 2.23. The van der Waals surface area contributed by atoms with E-state index in [0.717, 1.165) is 13.1 Å². The molecule has 0 aliphatic carbocycles. The number of nitrogens with one attached hydrogen (secondary N) is 1. The van der Waals surface area contributed by atoms with Crippen LogP contribution in [-0.4, -0.2) is 25.7 Å². The summed E-state index contributed by atoms with van der Waals surface area (Å²) in [5, 5.41) is 3.11. The quantitative estimate of drug-likeness (QED) is 0.278. The normalized spacial score (nSPS) is 7.60. The van der Waals surface area contributed by atoms with E-state index in [1.54, 1.807) is 13.8 Å². The Bertz CT molecular complexity index is 148. The SMILES string of the molecule is C=C(C)C(=O)OCC.CCNCC.NN. The van der Waals surface area contributed by atoms with Crippen LogP contribution in [0, 0.1) is 0 Å². The van der Waals surface area contributed by atoms with Crippen molar-refractivity contribution in [2.75, 3.05) is 19.7 Å². The van der Waals surface area contributed by atoms with Crippen molar-refractivity contribution in [1.29, 1.82) is 0 Å². The monoisotopic (exact) mass is 219 g/mol. The molecular formula is C10H25N3O2. The van der Waals surface area contributed by atoms with Gasteiger partial charge in [-0.25, -0.2) is 4.79 Å². The predicted octanol–water partition coefficient (Wildman–Crippen LogP) is 0.560. The van der Waals surface area contributed by atoms with Crippen LogP contribution in [0.15, 0.2) is 12.2 Å². The molecule has 92 valence electrons. The molecule has 0 saturated heterocycles. The van der Waals surface area contributed by atoms with Gasteiger partial charge in [0.25, 0.3) is 0 Å². The van der Waals surface area contributed by atoms with E-state index in [1.165, 1.54) is 0 Å². The summed E-state index contributed by atoms with van der Waals surface area (Å²) in [6.45, 7) is 13.6. The number of esters is 1. The lowest BCUT2D eigenvalue weighted by Gasteiger charge is -1.96. The molecule has 15 heavy (non-hydrogen) atoms. The van der Waals surface area contributed by atoms with Crippen LogP contribution in [0.25, 0.3) is 0 Å². The van der Waals surface area contributed by atoms with Crippen molar-refractivity contribution < 1.29 is 9.53 Å². The molecule has 0 aromatic heterocycles. The molecule has 0 radical (unpaired) electrons. The van der Waals surface area contributed by atoms with Gasteiger partial charge in [0.1, 0.15) is 0 Å². The highest BCUT2D eigenvalue weighted by molar-refractivity contribution is 5.86. The van der Waals surface area contributed by atoms with Crippen LogP contribution in [0.4, 0.5) is 0 Å². The molecule has 0 aromatic rings. The molecular weight excluding hydrogens is 194 g/mol. The zero-order valence-electron chi connectivity index (χ0n) is 10.3. The van der Waals surface area contributed by atoms with E-state index in [-0.39, 0.29) is 5.97 Å². The molecule has 0 bridgehead atoms. The Kier molecular flexibility index (Phi) is 24.6. The summed E-state index contributed by atoms with van der Waals surface area (Å²) in [5.41, 5.74) is 0.451. The summed E-state index contributed by atoms with van der Waals surface area (Å²) in [6, 6.07) is 0. The molecule has 5 N–H and O–H groups in total. The van der Waals surface area contributed by atoms with Gasteiger partial charge in [-0.3, -0.25) is 11.7 Å². The van der Waals surface area contributed by atoms with Crippen LogP contribution in [-0.2, 0) is 9.53 Å². The van der Waals surface area contributed by atoms with E-state index in [4.69, 9.17) is 0 Å². The largest absolute Gasteiger partial charge is 0.463 e. The molecule has 0 saturated carbocycles. The first kappa shape index (κ1) is 19.6. The Labute approximate surface area is 92.8 Å². The molecule has 0 spiro atoms. The lowest BCUT2D eigenvalue weighted by Crippen LogP contribution is -2.09. The van der Waals surface area contributed by atoms with Gasteiger partial charge in [0.05, 0.1) is 6.61 Å². The highest BCUT2D eigenvalue weighted by Crippen LogP contribution is 1.89. The first-order chi connectivity index (χ1) is 7.09. The van der Waals surface area contributed by atoms with Crippen LogP contribution in [0.3, 0.4) is 0 Å². The standard InChI is InChI=1S/C6H10O2.C4H11N.H4N2/c1-4-8-6(7)5(2)3;1-3-5-4-2;1-2/h2,4H2,1,3H3;5H,3-4H2,1-2H3;1-2H2. The van der Waals surface area contributed by atoms with Gasteiger partial charge < -0.3 is 10.1 Å². The molecule has 0 amide bonds. The maximum absolute atomic E-state index is 10.4. The van der Waals surface area contributed by atoms with Gasteiger partial charge in [0.2, 0.25) is 0 Å². The summed E-state index contributed by atoms with van der Waals surface area (Å²) in [4.78, 5) is 10.4. The Morgan fingerprint density at radius 3 is 1.73 bits per heavy atom. The van der Waals surface area contributed by atoms with Crippen molar-refractivity contribution in [2.45, 2.75) is 27.7 Å². The number of carbonyl (C=O) groups excluding carboxylic acids is 1. The highest BCUT2D eigenvalue weighted by atomic mass is 16.5. The van der Waals surface area contributed by atoms with E-state index in [2.05, 4.69) is 42.2 Å². The fraction of sp³-hybridized carbons (Fsp3) is 0.700. The van der Waals surface area contributed by atoms with Crippen LogP contribution < -0.4 is 17.0 Å². The van der Waals surface area contributed by atoms with E-state index in [0.29, 0.717) is 12.2 Å². The fourth-order valence-electron chi connectivity index (χ4n) is 0.504. The van der Waals surface area contributed by atoms with Crippen molar-refractivity contribution in [3.8, 4) is 0 Å². The summed E-state index contributed by atoms with van der Waals surface area (Å²) < 4.78 is 4.56. The van der Waals surface area contributed by atoms with Gasteiger partial charge in [-0.05, 0) is 26.9 Å². The second-order valence-electron chi connectivity index (χ2n) is 2.46. The van der Waals surface area contributed by atoms with E-state index in [1.807, 2.05) is 0 Å². The zero-order chi connectivity index (χ0) is 12.7. The third-order valence-corrected chi connectivity index (χ3v) is 1.12. The molecule has 0 fully saturated rings. The third kappa shape index (κ3) is 24.6. The molecule has 0 rings (SSSR count). The summed E-state index contributed by atoms with van der Waals surface area (Å²) in [6.07, 6.45) is 0. The van der Waals surface area contributed by atoms with Gasteiger partial charge in [-0.15, -0.1) is 0 Å². The number of carbonyl (C=O) groups is 1. The molecule has 5 nitrogen and oxygen atoms in total. The Morgan fingerprint density at radius 1 is 1.27 bits per heavy atom. The van der Waals surface area contributed by atoms with Crippen molar-refractivity contribution in [3.05, 3.63) is 12.2 Å². The van der Waals surface area contributed by atoms with Crippen LogP contribution in [0.2, 0.25) is 0 Å². The fourth-order valence-corrected chi connectivity index (χ4v) is 0.504. The molecule has 0 aliphatic heterocycles.